The van der Waals surface area contributed by atoms with Crippen molar-refractivity contribution in [1.29, 1.82) is 0 Å². The number of hydroxylamine groups is 1. The highest BCUT2D eigenvalue weighted by Gasteiger charge is 2.18. The molecule has 6 nitrogen and oxygen atoms in total. The van der Waals surface area contributed by atoms with E-state index in [4.69, 9.17) is 5.21 Å². The number of nitrogens with one attached hydrogen (secondary N) is 1. The molecule has 1 aromatic rings. The van der Waals surface area contributed by atoms with E-state index in [-0.39, 0.29) is 0 Å². The summed E-state index contributed by atoms with van der Waals surface area (Å²) in [6.07, 6.45) is 1.25. The second-order valence-electron chi connectivity index (χ2n) is 5.65. The van der Waals surface area contributed by atoms with E-state index in [9.17, 15) is 0 Å². The average molecular weight is 370 g/mol. The molecule has 0 unspecified atom stereocenters. The van der Waals surface area contributed by atoms with Crippen LogP contribution >= 0.6 is 15.9 Å². The van der Waals surface area contributed by atoms with Crippen LogP contribution in [0.15, 0.2) is 27.7 Å². The summed E-state index contributed by atoms with van der Waals surface area (Å²) in [5.41, 5.74) is 3.90. The highest BCUT2D eigenvalue weighted by molar-refractivity contribution is 9.10. The summed E-state index contributed by atoms with van der Waals surface area (Å²) in [7, 11) is 4.23. The predicted molar refractivity (Wildman–Crippen MR) is 94.4 cm³/mol. The van der Waals surface area contributed by atoms with Crippen LogP contribution in [0.25, 0.3) is 0 Å². The minimum absolute atomic E-state index is 0.793. The Kier molecular flexibility index (Phi) is 6.63. The Morgan fingerprint density at radius 3 is 2.64 bits per heavy atom. The highest BCUT2D eigenvalue weighted by atomic mass is 79.9. The monoisotopic (exact) mass is 369 g/mol. The van der Waals surface area contributed by atoms with Crippen molar-refractivity contribution in [1.82, 2.24) is 15.3 Å². The van der Waals surface area contributed by atoms with Gasteiger partial charge in [-0.15, -0.1) is 0 Å². The average Bonchev–Trinajstić information content (AvgIpc) is 2.51. The van der Waals surface area contributed by atoms with Gasteiger partial charge in [0.15, 0.2) is 0 Å². The molecule has 22 heavy (non-hydrogen) atoms. The van der Waals surface area contributed by atoms with Crippen molar-refractivity contribution in [3.05, 3.63) is 22.7 Å². The second-order valence-corrected chi connectivity index (χ2v) is 6.51. The number of piperazine rings is 1. The van der Waals surface area contributed by atoms with E-state index in [1.54, 1.807) is 0 Å². The summed E-state index contributed by atoms with van der Waals surface area (Å²) in [5, 5.41) is 8.53. The zero-order valence-corrected chi connectivity index (χ0v) is 14.8. The van der Waals surface area contributed by atoms with Crippen LogP contribution in [0.1, 0.15) is 0 Å². The van der Waals surface area contributed by atoms with Crippen molar-refractivity contribution in [2.75, 3.05) is 58.3 Å². The number of hydrogen-bond donors (Lipinski definition) is 2. The molecule has 7 heteroatoms. The van der Waals surface area contributed by atoms with Crippen molar-refractivity contribution in [2.24, 2.45) is 4.99 Å². The number of rotatable bonds is 6. The molecule has 1 aliphatic rings. The Bertz CT molecular complexity index is 501. The molecule has 1 aromatic carbocycles. The number of likely N-dealkylation sites (N-methyl/N-ethyl adjacent to an activating group) is 1. The van der Waals surface area contributed by atoms with Crippen molar-refractivity contribution in [3.8, 4) is 0 Å². The molecular formula is C15H24BrN5O. The van der Waals surface area contributed by atoms with Gasteiger partial charge >= 0.3 is 0 Å². The lowest BCUT2D eigenvalue weighted by atomic mass is 10.2. The highest BCUT2D eigenvalue weighted by Crippen LogP contribution is 2.30. The van der Waals surface area contributed by atoms with Crippen LogP contribution in [-0.4, -0.2) is 74.7 Å². The minimum Gasteiger partial charge on any atom is -0.368 e. The van der Waals surface area contributed by atoms with E-state index in [0.717, 1.165) is 49.4 Å². The molecule has 1 fully saturated rings. The van der Waals surface area contributed by atoms with Gasteiger partial charge in [-0.2, -0.15) is 0 Å². The zero-order chi connectivity index (χ0) is 15.9. The van der Waals surface area contributed by atoms with E-state index in [0.29, 0.717) is 0 Å². The number of nitrogens with zero attached hydrogens (tertiary/aromatic N) is 4. The fraction of sp³-hybridized carbons (Fsp3) is 0.533. The quantitative estimate of drug-likeness (QED) is 0.454. The van der Waals surface area contributed by atoms with Crippen LogP contribution in [-0.2, 0) is 0 Å². The number of halogens is 1. The summed E-state index contributed by atoms with van der Waals surface area (Å²) >= 11 is 3.62. The molecule has 2 rings (SSSR count). The van der Waals surface area contributed by atoms with Gasteiger partial charge < -0.3 is 9.80 Å². The van der Waals surface area contributed by atoms with Crippen LogP contribution in [0.2, 0.25) is 0 Å². The Labute approximate surface area is 140 Å². The molecule has 122 valence electrons. The Balaban J connectivity index is 1.92. The fourth-order valence-corrected chi connectivity index (χ4v) is 3.11. The molecule has 0 amide bonds. The zero-order valence-electron chi connectivity index (χ0n) is 13.2. The maximum atomic E-state index is 8.53. The standard InChI is InChI=1S/C15H24BrN5O/c1-19(2)5-6-20-7-9-21(10-8-20)15-4-3-13(11-14(15)16)17-12-18-22/h3-4,11-12,22H,5-10H2,1-2H3,(H,17,18). The van der Waals surface area contributed by atoms with E-state index >= 15 is 0 Å². The number of hydrogen-bond acceptors (Lipinski definition) is 5. The molecule has 0 aliphatic carbocycles. The maximum absolute atomic E-state index is 8.53. The van der Waals surface area contributed by atoms with Crippen LogP contribution in [0.3, 0.4) is 0 Å². The lowest BCUT2D eigenvalue weighted by molar-refractivity contribution is 0.229. The lowest BCUT2D eigenvalue weighted by Gasteiger charge is -2.37. The molecule has 0 radical (unpaired) electrons. The van der Waals surface area contributed by atoms with Gasteiger partial charge in [-0.05, 0) is 48.2 Å². The van der Waals surface area contributed by atoms with Crippen molar-refractivity contribution >= 4 is 33.6 Å². The number of anilines is 1. The van der Waals surface area contributed by atoms with Gasteiger partial charge in [-0.1, -0.05) is 0 Å². The molecule has 0 saturated carbocycles. The fourth-order valence-electron chi connectivity index (χ4n) is 2.49. The van der Waals surface area contributed by atoms with Crippen LogP contribution in [0.5, 0.6) is 0 Å². The molecule has 0 bridgehead atoms. The molecule has 0 atom stereocenters. The largest absolute Gasteiger partial charge is 0.368 e. The topological polar surface area (TPSA) is 54.3 Å². The Morgan fingerprint density at radius 2 is 2.05 bits per heavy atom. The van der Waals surface area contributed by atoms with Crippen molar-refractivity contribution in [2.45, 2.75) is 0 Å². The van der Waals surface area contributed by atoms with Crippen LogP contribution < -0.4 is 10.4 Å². The third-order valence-electron chi connectivity index (χ3n) is 3.78. The molecule has 1 heterocycles. The van der Waals surface area contributed by atoms with E-state index < -0.39 is 0 Å². The first-order chi connectivity index (χ1) is 10.6. The first-order valence-corrected chi connectivity index (χ1v) is 8.23. The van der Waals surface area contributed by atoms with E-state index in [2.05, 4.69) is 55.8 Å². The van der Waals surface area contributed by atoms with Gasteiger partial charge in [0.1, 0.15) is 6.34 Å². The summed E-state index contributed by atoms with van der Waals surface area (Å²) < 4.78 is 1.03. The lowest BCUT2D eigenvalue weighted by Crippen LogP contribution is -2.48. The predicted octanol–water partition coefficient (Wildman–Crippen LogP) is 1.77. The first kappa shape index (κ1) is 17.2. The van der Waals surface area contributed by atoms with Gasteiger partial charge in [0.2, 0.25) is 0 Å². The summed E-state index contributed by atoms with van der Waals surface area (Å²) in [6, 6.07) is 5.98. The van der Waals surface area contributed by atoms with Gasteiger partial charge in [-0.3, -0.25) is 15.6 Å². The normalized spacial score (nSPS) is 16.7. The van der Waals surface area contributed by atoms with Gasteiger partial charge in [0, 0.05) is 43.7 Å². The molecule has 1 aliphatic heterocycles. The maximum Gasteiger partial charge on any atom is 0.113 e. The second kappa shape index (κ2) is 8.47. The van der Waals surface area contributed by atoms with Crippen molar-refractivity contribution in [3.63, 3.8) is 0 Å². The molecule has 2 N–H and O–H groups in total. The van der Waals surface area contributed by atoms with Gasteiger partial charge in [0.05, 0.1) is 11.4 Å². The SMILES string of the molecule is CN(C)CCN1CCN(c2ccc(N=CNO)cc2Br)CC1. The third kappa shape index (κ3) is 4.95. The smallest absolute Gasteiger partial charge is 0.113 e. The van der Waals surface area contributed by atoms with Crippen LogP contribution in [0, 0.1) is 0 Å². The molecule has 0 spiro atoms. The molecule has 0 aromatic heterocycles. The Hall–Kier alpha value is -1.15. The summed E-state index contributed by atoms with van der Waals surface area (Å²) in [6.45, 7) is 6.49. The van der Waals surface area contributed by atoms with Gasteiger partial charge in [0.25, 0.3) is 0 Å². The first-order valence-electron chi connectivity index (χ1n) is 7.44. The summed E-state index contributed by atoms with van der Waals surface area (Å²) in [5.74, 6) is 0. The van der Waals surface area contributed by atoms with E-state index in [1.165, 1.54) is 12.0 Å². The van der Waals surface area contributed by atoms with E-state index in [1.807, 2.05) is 17.6 Å². The van der Waals surface area contributed by atoms with Crippen LogP contribution in [0.4, 0.5) is 11.4 Å². The molecule has 1 saturated heterocycles. The van der Waals surface area contributed by atoms with Gasteiger partial charge in [-0.25, -0.2) is 4.99 Å². The Morgan fingerprint density at radius 1 is 1.32 bits per heavy atom. The van der Waals surface area contributed by atoms with Crippen molar-refractivity contribution < 1.29 is 5.21 Å². The summed E-state index contributed by atoms with van der Waals surface area (Å²) in [4.78, 5) is 11.2. The third-order valence-corrected chi connectivity index (χ3v) is 4.41. The number of benzene rings is 1. The molecular weight excluding hydrogens is 346 g/mol. The minimum atomic E-state index is 0.793. The number of aliphatic imine (C=N–C) groups is 1.